The SMILES string of the molecule is c1cc(-c2nc(B3c4ccccc4Cc4ccccc43)nc(-c3cccc(-n4c5ccccc5c5cc6c(cc54)c4ccccc4n6-c4cncnc4)n3)n2)nc(-n2c3ccccc3c3cc4c(cc32)c2ccccc2n4-c2cncnc2)c1. The summed E-state index contributed by atoms with van der Waals surface area (Å²) in [6, 6.07) is 72.9. The molecule has 8 aromatic carbocycles. The summed E-state index contributed by atoms with van der Waals surface area (Å²) in [7, 11) is 0. The molecule has 0 N–H and O–H groups in total. The number of hydrogen-bond donors (Lipinski definition) is 0. The van der Waals surface area contributed by atoms with E-state index in [0.717, 1.165) is 117 Å². The summed E-state index contributed by atoms with van der Waals surface area (Å²) in [6.07, 6.45) is 11.4. The highest BCUT2D eigenvalue weighted by molar-refractivity contribution is 6.95. The predicted octanol–water partition coefficient (Wildman–Crippen LogP) is 12.4. The van der Waals surface area contributed by atoms with E-state index in [0.29, 0.717) is 28.8 Å². The Bertz CT molecular complexity index is 5230. The molecule has 9 aromatic heterocycles. The maximum atomic E-state index is 5.54. The van der Waals surface area contributed by atoms with Crippen molar-refractivity contribution in [3.63, 3.8) is 0 Å². The standard InChI is InChI=1S/C70H42BN13/c1-7-21-54-42(15-1)31-43-16-2-8-22-55(43)71(54)70-79-68(56-23-13-29-66(76-56)83-60-27-11-5-19-48(60)52-32-62-50(34-64(52)83)46-17-3-9-25-58(46)81(62)44-36-72-40-73-37-44)78-69(80-70)57-24-14-30-67(77-57)84-61-28-12-6-20-49(61)53-33-63-51(35-65(53)84)47-18-4-10-26-59(47)82(63)45-38-74-41-75-39-45/h1-30,32-41H,31H2. The zero-order valence-electron chi connectivity index (χ0n) is 44.7. The fourth-order valence-corrected chi connectivity index (χ4v) is 13.4. The number of hydrogen-bond acceptors (Lipinski definition) is 9. The molecule has 0 saturated carbocycles. The van der Waals surface area contributed by atoms with Crippen molar-refractivity contribution >= 4 is 111 Å². The van der Waals surface area contributed by atoms with Crippen molar-refractivity contribution in [2.45, 2.75) is 6.42 Å². The molecular formula is C70H42BN13. The van der Waals surface area contributed by atoms with E-state index in [9.17, 15) is 0 Å². The Balaban J connectivity index is 0.842. The molecule has 0 bridgehead atoms. The quantitative estimate of drug-likeness (QED) is 0.143. The first-order valence-electron chi connectivity index (χ1n) is 28.0. The molecule has 17 aromatic rings. The van der Waals surface area contributed by atoms with Gasteiger partial charge in [-0.2, -0.15) is 0 Å². The molecule has 0 radical (unpaired) electrons. The molecule has 10 heterocycles. The molecule has 84 heavy (non-hydrogen) atoms. The molecule has 0 unspecified atom stereocenters. The van der Waals surface area contributed by atoms with Gasteiger partial charge in [-0.3, -0.25) is 9.13 Å². The van der Waals surface area contributed by atoms with Crippen molar-refractivity contribution in [3.8, 4) is 46.0 Å². The molecule has 0 spiro atoms. The fourth-order valence-electron chi connectivity index (χ4n) is 13.4. The maximum Gasteiger partial charge on any atom is 0.291 e. The molecule has 0 amide bonds. The van der Waals surface area contributed by atoms with Gasteiger partial charge in [-0.1, -0.05) is 144 Å². The lowest BCUT2D eigenvalue weighted by Gasteiger charge is -2.25. The number of benzene rings is 8. The lowest BCUT2D eigenvalue weighted by Crippen LogP contribution is -2.59. The smallest absolute Gasteiger partial charge is 0.291 e. The number of nitrogens with zero attached hydrogens (tertiary/aromatic N) is 13. The third-order valence-corrected chi connectivity index (χ3v) is 17.0. The highest BCUT2D eigenvalue weighted by Crippen LogP contribution is 2.42. The Morgan fingerprint density at radius 3 is 1.07 bits per heavy atom. The van der Waals surface area contributed by atoms with Crippen molar-refractivity contribution in [2.24, 2.45) is 0 Å². The third-order valence-electron chi connectivity index (χ3n) is 17.0. The summed E-state index contributed by atoms with van der Waals surface area (Å²) in [5.41, 5.74) is 16.8. The highest BCUT2D eigenvalue weighted by Gasteiger charge is 2.34. The van der Waals surface area contributed by atoms with Gasteiger partial charge in [0.15, 0.2) is 11.6 Å². The minimum atomic E-state index is -0.285. The van der Waals surface area contributed by atoms with E-state index in [4.69, 9.17) is 24.9 Å². The Morgan fingerprint density at radius 2 is 0.655 bits per heavy atom. The van der Waals surface area contributed by atoms with Crippen LogP contribution in [0.15, 0.2) is 244 Å². The molecule has 1 aliphatic rings. The Hall–Kier alpha value is -11.5. The van der Waals surface area contributed by atoms with Gasteiger partial charge >= 0.3 is 0 Å². The van der Waals surface area contributed by atoms with Gasteiger partial charge in [0.2, 0.25) is 0 Å². The number of pyridine rings is 2. The average Bonchev–Trinajstić information content (AvgIpc) is 2.24. The molecular weight excluding hydrogens is 1030 g/mol. The molecule has 14 heteroatoms. The van der Waals surface area contributed by atoms with Crippen molar-refractivity contribution in [2.75, 3.05) is 0 Å². The molecule has 1 aliphatic heterocycles. The predicted molar refractivity (Wildman–Crippen MR) is 335 cm³/mol. The van der Waals surface area contributed by atoms with Crippen molar-refractivity contribution < 1.29 is 0 Å². The van der Waals surface area contributed by atoms with Crippen LogP contribution in [-0.2, 0) is 6.42 Å². The van der Waals surface area contributed by atoms with E-state index >= 15 is 0 Å². The second-order valence-electron chi connectivity index (χ2n) is 21.5. The van der Waals surface area contributed by atoms with Crippen LogP contribution in [0.2, 0.25) is 0 Å². The molecule has 13 nitrogen and oxygen atoms in total. The van der Waals surface area contributed by atoms with E-state index in [-0.39, 0.29) is 6.71 Å². The summed E-state index contributed by atoms with van der Waals surface area (Å²) < 4.78 is 9.03. The van der Waals surface area contributed by atoms with E-state index in [1.165, 1.54) is 22.1 Å². The van der Waals surface area contributed by atoms with E-state index in [1.807, 2.05) is 36.9 Å². The minimum Gasteiger partial charge on any atom is -0.306 e. The molecule has 390 valence electrons. The van der Waals surface area contributed by atoms with Gasteiger partial charge in [-0.05, 0) is 90.3 Å². The molecule has 0 saturated heterocycles. The van der Waals surface area contributed by atoms with Gasteiger partial charge in [0.1, 0.15) is 41.4 Å². The summed E-state index contributed by atoms with van der Waals surface area (Å²) in [5, 5.41) is 8.88. The zero-order chi connectivity index (χ0) is 55.0. The van der Waals surface area contributed by atoms with Gasteiger partial charge in [0.25, 0.3) is 6.71 Å². The normalized spacial score (nSPS) is 12.5. The Labute approximate surface area is 478 Å². The number of rotatable bonds is 7. The topological polar surface area (TPSA) is 136 Å². The Kier molecular flexibility index (Phi) is 9.91. The number of para-hydroxylation sites is 4. The van der Waals surface area contributed by atoms with Gasteiger partial charge in [-0.25, -0.2) is 44.9 Å². The molecule has 0 atom stereocenters. The maximum absolute atomic E-state index is 5.54. The van der Waals surface area contributed by atoms with Crippen LogP contribution in [0.4, 0.5) is 0 Å². The van der Waals surface area contributed by atoms with Crippen molar-refractivity contribution in [1.29, 1.82) is 0 Å². The molecule has 0 aliphatic carbocycles. The van der Waals surface area contributed by atoms with Gasteiger partial charge in [-0.15, -0.1) is 0 Å². The lowest BCUT2D eigenvalue weighted by molar-refractivity contribution is 1.03. The van der Waals surface area contributed by atoms with Crippen LogP contribution >= 0.6 is 0 Å². The van der Waals surface area contributed by atoms with E-state index < -0.39 is 0 Å². The summed E-state index contributed by atoms with van der Waals surface area (Å²) in [4.78, 5) is 45.1. The average molecular weight is 1080 g/mol. The van der Waals surface area contributed by atoms with Crippen molar-refractivity contribution in [1.82, 2.24) is 63.1 Å². The number of aromatic nitrogens is 13. The van der Waals surface area contributed by atoms with E-state index in [1.54, 1.807) is 12.7 Å². The molecule has 18 rings (SSSR count). The third kappa shape index (κ3) is 6.88. The Morgan fingerprint density at radius 1 is 0.298 bits per heavy atom. The molecule has 0 fully saturated rings. The van der Waals surface area contributed by atoms with Crippen LogP contribution in [0, 0.1) is 0 Å². The van der Waals surface area contributed by atoms with Gasteiger partial charge in [0.05, 0.1) is 80.3 Å². The number of fused-ring (bicyclic) bond motifs is 14. The fraction of sp³-hybridized carbons (Fsp3) is 0.0143. The van der Waals surface area contributed by atoms with Crippen LogP contribution in [0.5, 0.6) is 0 Å². The first-order valence-corrected chi connectivity index (χ1v) is 28.0. The first-order chi connectivity index (χ1) is 41.7. The summed E-state index contributed by atoms with van der Waals surface area (Å²) in [5.74, 6) is 2.35. The van der Waals surface area contributed by atoms with Gasteiger partial charge in [0, 0.05) is 43.1 Å². The van der Waals surface area contributed by atoms with Gasteiger partial charge < -0.3 is 9.13 Å². The van der Waals surface area contributed by atoms with E-state index in [2.05, 4.69) is 232 Å². The van der Waals surface area contributed by atoms with Crippen LogP contribution in [0.25, 0.3) is 133 Å². The monoisotopic (exact) mass is 1080 g/mol. The van der Waals surface area contributed by atoms with Crippen molar-refractivity contribution in [3.05, 3.63) is 255 Å². The highest BCUT2D eigenvalue weighted by atomic mass is 15.1. The minimum absolute atomic E-state index is 0.285. The summed E-state index contributed by atoms with van der Waals surface area (Å²) >= 11 is 0. The van der Waals surface area contributed by atoms with Crippen LogP contribution in [-0.4, -0.2) is 69.8 Å². The van der Waals surface area contributed by atoms with Crippen LogP contribution in [0.1, 0.15) is 11.1 Å². The zero-order valence-corrected chi connectivity index (χ0v) is 44.7. The van der Waals surface area contributed by atoms with Crippen LogP contribution in [0.3, 0.4) is 0 Å². The largest absolute Gasteiger partial charge is 0.306 e. The first kappa shape index (κ1) is 46.3. The second-order valence-corrected chi connectivity index (χ2v) is 21.5. The second kappa shape index (κ2) is 18.0. The lowest BCUT2D eigenvalue weighted by atomic mass is 9.36. The summed E-state index contributed by atoms with van der Waals surface area (Å²) in [6.45, 7) is -0.285. The van der Waals surface area contributed by atoms with Crippen LogP contribution < -0.4 is 16.6 Å².